The maximum absolute atomic E-state index is 14.5. The predicted molar refractivity (Wildman–Crippen MR) is 317 cm³/mol. The van der Waals surface area contributed by atoms with E-state index in [1.807, 2.05) is 0 Å². The summed E-state index contributed by atoms with van der Waals surface area (Å²) in [4.78, 5) is 157. The molecule has 0 bridgehead atoms. The van der Waals surface area contributed by atoms with Gasteiger partial charge in [0.1, 0.15) is 60.4 Å². The van der Waals surface area contributed by atoms with Crippen LogP contribution in [0.2, 0.25) is 0 Å². The number of rotatable bonds is 42. The van der Waals surface area contributed by atoms with Crippen molar-refractivity contribution in [3.8, 4) is 0 Å². The van der Waals surface area contributed by atoms with Crippen LogP contribution >= 0.6 is 0 Å². The van der Waals surface area contributed by atoms with Crippen molar-refractivity contribution in [2.75, 3.05) is 59.0 Å². The van der Waals surface area contributed by atoms with Gasteiger partial charge in [-0.25, -0.2) is 4.79 Å². The smallest absolute Gasteiger partial charge is 0.326 e. The molecule has 0 aromatic heterocycles. The molecule has 2 aliphatic heterocycles. The van der Waals surface area contributed by atoms with Crippen molar-refractivity contribution in [3.05, 3.63) is 0 Å². The second-order valence-corrected chi connectivity index (χ2v) is 22.1. The summed E-state index contributed by atoms with van der Waals surface area (Å²) in [5.74, 6) is -9.76. The van der Waals surface area contributed by atoms with Crippen LogP contribution in [0.15, 0.2) is 4.99 Å². The number of nitrogens with zero attached hydrogens (tertiary/aromatic N) is 3. The highest BCUT2D eigenvalue weighted by atomic mass is 16.4. The molecule has 86 heavy (non-hydrogen) atoms. The van der Waals surface area contributed by atoms with E-state index >= 15 is 0 Å². The maximum Gasteiger partial charge on any atom is 0.326 e. The molecule has 0 saturated carbocycles. The Balaban J connectivity index is 2.45. The van der Waals surface area contributed by atoms with Gasteiger partial charge < -0.3 is 108 Å². The zero-order valence-electron chi connectivity index (χ0n) is 50.2. The van der Waals surface area contributed by atoms with Gasteiger partial charge in [0.2, 0.25) is 59.1 Å². The summed E-state index contributed by atoms with van der Waals surface area (Å²) in [6, 6.07) is -13.0. The fourth-order valence-electron chi connectivity index (χ4n) is 9.99. The number of carboxylic acids is 1. The number of guanidine groups is 1. The summed E-state index contributed by atoms with van der Waals surface area (Å²) in [5, 5.41) is 50.9. The molecule has 32 nitrogen and oxygen atoms in total. The topological polar surface area (TPSA) is 546 Å². The number of hydrogen-bond acceptors (Lipinski definition) is 19. The van der Waals surface area contributed by atoms with Crippen LogP contribution in [0.3, 0.4) is 0 Å². The predicted octanol–water partition coefficient (Wildman–Crippen LogP) is -6.51. The Kier molecular flexibility index (Phi) is 35.5. The Morgan fingerprint density at radius 1 is 0.500 bits per heavy atom. The molecule has 0 aromatic carbocycles. The SMILES string of the molecule is CC(C)[C@H](NC(=O)[C@H](CCCCN)NC(=O)[C@H](CCCN=C(N)N)NC(=O)[C@H](CCCCN)NC(=O)[C@H](CCCCN)NC(=O)[C@H](CCCCN)NC(=O)[C@@H]1CCCN1C(=O)[C@@H]1CCCN1C(=O)[C@@H](NC(=O)[C@H](CO)NC(=O)CN)[C@@H](C)O)C(=O)O. The van der Waals surface area contributed by atoms with Crippen molar-refractivity contribution in [1.29, 1.82) is 0 Å². The van der Waals surface area contributed by atoms with Gasteiger partial charge in [-0.1, -0.05) is 13.8 Å². The number of amides is 10. The van der Waals surface area contributed by atoms with E-state index < -0.39 is 151 Å². The van der Waals surface area contributed by atoms with Gasteiger partial charge in [0.15, 0.2) is 5.96 Å². The summed E-state index contributed by atoms with van der Waals surface area (Å²) in [6.07, 6.45) is 3.14. The standard InChI is InChI=1S/C54H100N18O14/c1-31(2)42(53(85)86)69-48(80)36(18-7-11-25-58)66-47(79)37(19-12-26-62-54(60)61)67-45(77)34(16-5-9-23-56)64-44(76)33(15-4-8-22-55)65-46(78)35(17-6-10-24-57)68-50(82)39-20-13-27-71(39)51(83)40-21-14-28-72(40)52(84)43(32(3)74)70-49(81)38(30-73)63-41(75)29-59/h31-40,42-43,73-74H,4-30,55-59H2,1-3H3,(H,63,75)(H,64,76)(H,65,78)(H,66,79)(H,67,77)(H,68,82)(H,69,80)(H,70,81)(H,85,86)(H4,60,61,62)/t32-,33+,34+,35+,36+,37+,38+,39+,40+,42+,43+/m1/s1. The van der Waals surface area contributed by atoms with E-state index in [-0.39, 0.29) is 103 Å². The number of aliphatic hydroxyl groups is 2. The van der Waals surface area contributed by atoms with E-state index in [0.717, 1.165) is 0 Å². The number of unbranched alkanes of at least 4 members (excludes halogenated alkanes) is 4. The number of nitrogens with two attached hydrogens (primary N) is 7. The van der Waals surface area contributed by atoms with Crippen LogP contribution in [-0.2, 0) is 52.7 Å². The highest BCUT2D eigenvalue weighted by Gasteiger charge is 2.45. The molecule has 0 spiro atoms. The van der Waals surface area contributed by atoms with Crippen LogP contribution in [0.4, 0.5) is 0 Å². The first-order valence-corrected chi connectivity index (χ1v) is 30.0. The molecule has 25 N–H and O–H groups in total. The number of carboxylic acid groups (broad SMARTS) is 1. The van der Waals surface area contributed by atoms with Crippen LogP contribution in [0.25, 0.3) is 0 Å². The zero-order chi connectivity index (χ0) is 64.5. The van der Waals surface area contributed by atoms with Crippen molar-refractivity contribution in [2.45, 2.75) is 203 Å². The molecule has 2 fully saturated rings. The molecule has 0 unspecified atom stereocenters. The van der Waals surface area contributed by atoms with Gasteiger partial charge in [-0.15, -0.1) is 0 Å². The third-order valence-electron chi connectivity index (χ3n) is 14.9. The number of likely N-dealkylation sites (tertiary alicyclic amines) is 2. The lowest BCUT2D eigenvalue weighted by atomic mass is 10.0. The molecule has 0 aliphatic carbocycles. The first-order chi connectivity index (χ1) is 40.9. The van der Waals surface area contributed by atoms with Gasteiger partial charge in [0.25, 0.3) is 0 Å². The number of aliphatic carboxylic acids is 1. The van der Waals surface area contributed by atoms with Gasteiger partial charge in [-0.3, -0.25) is 52.9 Å². The van der Waals surface area contributed by atoms with Crippen molar-refractivity contribution >= 4 is 71.0 Å². The summed E-state index contributed by atoms with van der Waals surface area (Å²) in [5.41, 5.74) is 39.5. The molecular formula is C54H100N18O14. The van der Waals surface area contributed by atoms with Crippen LogP contribution in [0, 0.1) is 5.92 Å². The third-order valence-corrected chi connectivity index (χ3v) is 14.9. The normalized spacial score (nSPS) is 17.9. The molecule has 2 aliphatic rings. The Bertz CT molecular complexity index is 2240. The van der Waals surface area contributed by atoms with Crippen molar-refractivity contribution in [3.63, 3.8) is 0 Å². The van der Waals surface area contributed by atoms with Crippen LogP contribution in [-0.4, -0.2) is 222 Å². The zero-order valence-corrected chi connectivity index (χ0v) is 50.2. The van der Waals surface area contributed by atoms with E-state index in [9.17, 15) is 68.1 Å². The number of aliphatic imine (C=N–C) groups is 1. The lowest BCUT2D eigenvalue weighted by molar-refractivity contribution is -0.149. The minimum Gasteiger partial charge on any atom is -0.480 e. The number of hydrogen-bond donors (Lipinski definition) is 18. The Hall–Kier alpha value is -6.84. The van der Waals surface area contributed by atoms with Crippen molar-refractivity contribution in [1.82, 2.24) is 52.3 Å². The number of carbonyl (C=O) groups excluding carboxylic acids is 10. The molecule has 10 amide bonds. The minimum absolute atomic E-state index is 0.0247. The number of nitrogens with one attached hydrogen (secondary N) is 8. The average Bonchev–Trinajstić information content (AvgIpc) is 2.71. The molecule has 32 heteroatoms. The third kappa shape index (κ3) is 25.6. The fraction of sp³-hybridized carbons (Fsp3) is 0.778. The number of aliphatic hydroxyl groups excluding tert-OH is 2. The average molecular weight is 1230 g/mol. The van der Waals surface area contributed by atoms with E-state index in [1.54, 1.807) is 13.8 Å². The van der Waals surface area contributed by atoms with Gasteiger partial charge in [-0.2, -0.15) is 0 Å². The summed E-state index contributed by atoms with van der Waals surface area (Å²) < 4.78 is 0. The maximum atomic E-state index is 14.5. The highest BCUT2D eigenvalue weighted by Crippen LogP contribution is 2.26. The highest BCUT2D eigenvalue weighted by molar-refractivity contribution is 5.99. The van der Waals surface area contributed by atoms with Crippen molar-refractivity contribution in [2.24, 2.45) is 51.0 Å². The van der Waals surface area contributed by atoms with Gasteiger partial charge in [0, 0.05) is 19.6 Å². The van der Waals surface area contributed by atoms with E-state index in [1.165, 1.54) is 16.7 Å². The molecule has 490 valence electrons. The van der Waals surface area contributed by atoms with E-state index in [0.29, 0.717) is 64.2 Å². The molecule has 0 aromatic rings. The summed E-state index contributed by atoms with van der Waals surface area (Å²) in [6.45, 7) is 4.37. The minimum atomic E-state index is -1.60. The fourth-order valence-corrected chi connectivity index (χ4v) is 9.99. The quantitative estimate of drug-likeness (QED) is 0.0153. The summed E-state index contributed by atoms with van der Waals surface area (Å²) >= 11 is 0. The molecule has 0 radical (unpaired) electrons. The lowest BCUT2D eigenvalue weighted by Crippen LogP contribution is -2.61. The largest absolute Gasteiger partial charge is 0.480 e. The Morgan fingerprint density at radius 2 is 0.884 bits per heavy atom. The first-order valence-electron chi connectivity index (χ1n) is 30.0. The van der Waals surface area contributed by atoms with Crippen LogP contribution in [0.1, 0.15) is 136 Å². The monoisotopic (exact) mass is 1220 g/mol. The Labute approximate surface area is 502 Å². The second kappa shape index (κ2) is 40.5. The second-order valence-electron chi connectivity index (χ2n) is 22.1. The van der Waals surface area contributed by atoms with Crippen LogP contribution in [0.5, 0.6) is 0 Å². The Morgan fingerprint density at radius 3 is 1.27 bits per heavy atom. The van der Waals surface area contributed by atoms with Crippen molar-refractivity contribution < 1.29 is 68.1 Å². The molecule has 11 atom stereocenters. The van der Waals surface area contributed by atoms with E-state index in [2.05, 4.69) is 47.5 Å². The van der Waals surface area contributed by atoms with Gasteiger partial charge in [-0.05, 0) is 155 Å². The molecule has 2 saturated heterocycles. The van der Waals surface area contributed by atoms with Crippen LogP contribution < -0.4 is 82.7 Å². The van der Waals surface area contributed by atoms with Gasteiger partial charge in [0.05, 0.1) is 19.3 Å². The first kappa shape index (κ1) is 75.3. The molecule has 2 heterocycles. The number of carbonyl (C=O) groups is 11. The lowest BCUT2D eigenvalue weighted by Gasteiger charge is -2.34. The molecule has 2 rings (SSSR count). The van der Waals surface area contributed by atoms with Gasteiger partial charge >= 0.3 is 5.97 Å². The van der Waals surface area contributed by atoms with E-state index in [4.69, 9.17) is 40.1 Å². The summed E-state index contributed by atoms with van der Waals surface area (Å²) in [7, 11) is 0. The molecular weight excluding hydrogens is 1120 g/mol.